The molecule has 0 atom stereocenters. The SMILES string of the molecule is Fc1c(F)c(F)c(BC2=CCC=CC=C2)c(F)c1F. The highest BCUT2D eigenvalue weighted by atomic mass is 19.2. The zero-order valence-corrected chi connectivity index (χ0v) is 9.69. The minimum atomic E-state index is -2.13. The zero-order valence-electron chi connectivity index (χ0n) is 9.69. The largest absolute Gasteiger partial charge is 0.204 e. The van der Waals surface area contributed by atoms with Gasteiger partial charge in [-0.1, -0.05) is 35.9 Å². The molecule has 1 aliphatic rings. The molecular weight excluding hydrogens is 262 g/mol. The molecule has 0 bridgehead atoms. The molecule has 0 fully saturated rings. The molecule has 6 heteroatoms. The van der Waals surface area contributed by atoms with E-state index in [0.717, 1.165) is 0 Å². The summed E-state index contributed by atoms with van der Waals surface area (Å²) in [7, 11) is -0.343. The monoisotopic (exact) mass is 270 g/mol. The first kappa shape index (κ1) is 13.6. The van der Waals surface area contributed by atoms with Crippen molar-refractivity contribution in [2.45, 2.75) is 6.42 Å². The number of benzene rings is 1. The van der Waals surface area contributed by atoms with Gasteiger partial charge in [0.25, 0.3) is 0 Å². The Labute approximate surface area is 107 Å². The summed E-state index contributed by atoms with van der Waals surface area (Å²) in [6.07, 6.45) is 8.96. The molecule has 1 aromatic carbocycles. The van der Waals surface area contributed by atoms with E-state index in [2.05, 4.69) is 0 Å². The fourth-order valence-corrected chi connectivity index (χ4v) is 1.76. The van der Waals surface area contributed by atoms with Crippen LogP contribution < -0.4 is 5.46 Å². The Balaban J connectivity index is 2.43. The lowest BCUT2D eigenvalue weighted by Crippen LogP contribution is -2.28. The molecule has 1 aliphatic carbocycles. The Morgan fingerprint density at radius 2 is 1.37 bits per heavy atom. The Bertz CT molecular complexity index is 573. The predicted molar refractivity (Wildman–Crippen MR) is 64.0 cm³/mol. The first-order valence-corrected chi connectivity index (χ1v) is 5.55. The summed E-state index contributed by atoms with van der Waals surface area (Å²) >= 11 is 0. The second-order valence-electron chi connectivity index (χ2n) is 4.03. The Kier molecular flexibility index (Phi) is 3.88. The minimum absolute atomic E-state index is 0.343. The fraction of sp³-hybridized carbons (Fsp3) is 0.0769. The van der Waals surface area contributed by atoms with Crippen LogP contribution in [0.15, 0.2) is 35.9 Å². The highest BCUT2D eigenvalue weighted by molar-refractivity contribution is 6.62. The topological polar surface area (TPSA) is 0 Å². The Morgan fingerprint density at radius 3 is 2.00 bits per heavy atom. The van der Waals surface area contributed by atoms with Crippen LogP contribution in [0.4, 0.5) is 22.0 Å². The van der Waals surface area contributed by atoms with Gasteiger partial charge >= 0.3 is 0 Å². The zero-order chi connectivity index (χ0) is 14.0. The van der Waals surface area contributed by atoms with Crippen molar-refractivity contribution >= 4 is 12.7 Å². The van der Waals surface area contributed by atoms with Gasteiger partial charge in [0, 0.05) is 0 Å². The van der Waals surface area contributed by atoms with E-state index in [1.165, 1.54) is 0 Å². The maximum Gasteiger partial charge on any atom is 0.200 e. The third-order valence-corrected chi connectivity index (χ3v) is 2.76. The highest BCUT2D eigenvalue weighted by Gasteiger charge is 2.26. The van der Waals surface area contributed by atoms with Crippen molar-refractivity contribution in [3.05, 3.63) is 64.9 Å². The van der Waals surface area contributed by atoms with Gasteiger partial charge in [0.1, 0.15) is 0 Å². The molecule has 0 heterocycles. The summed E-state index contributed by atoms with van der Waals surface area (Å²) < 4.78 is 65.9. The quantitative estimate of drug-likeness (QED) is 0.335. The van der Waals surface area contributed by atoms with Crippen LogP contribution in [0.2, 0.25) is 0 Å². The summed E-state index contributed by atoms with van der Waals surface area (Å²) in [6.45, 7) is 0. The number of halogens is 5. The van der Waals surface area contributed by atoms with Crippen molar-refractivity contribution in [1.29, 1.82) is 0 Å². The van der Waals surface area contributed by atoms with Crippen LogP contribution >= 0.6 is 0 Å². The average molecular weight is 270 g/mol. The number of rotatable bonds is 2. The molecule has 19 heavy (non-hydrogen) atoms. The normalized spacial score (nSPS) is 14.3. The molecule has 0 N–H and O–H groups in total. The van der Waals surface area contributed by atoms with Crippen molar-refractivity contribution < 1.29 is 22.0 Å². The molecule has 0 spiro atoms. The van der Waals surface area contributed by atoms with Gasteiger partial charge in [-0.3, -0.25) is 0 Å². The van der Waals surface area contributed by atoms with Gasteiger partial charge in [0.2, 0.25) is 0 Å². The lowest BCUT2D eigenvalue weighted by Gasteiger charge is -2.07. The molecule has 0 amide bonds. The van der Waals surface area contributed by atoms with E-state index in [1.54, 1.807) is 24.3 Å². The lowest BCUT2D eigenvalue weighted by atomic mass is 9.62. The standard InChI is InChI=1S/C13H8BF5/c15-9-8(10(16)12(18)13(19)11(9)17)14-7-5-3-1-2-4-6-7/h1-3,5-6,14H,4H2. The van der Waals surface area contributed by atoms with Crippen LogP contribution in [-0.4, -0.2) is 7.28 Å². The minimum Gasteiger partial charge on any atom is -0.204 e. The molecule has 2 rings (SSSR count). The summed E-state index contributed by atoms with van der Waals surface area (Å²) in [5.74, 6) is -9.51. The molecule has 0 saturated heterocycles. The van der Waals surface area contributed by atoms with Crippen LogP contribution in [0.5, 0.6) is 0 Å². The van der Waals surface area contributed by atoms with Crippen molar-refractivity contribution in [3.63, 3.8) is 0 Å². The van der Waals surface area contributed by atoms with E-state index in [0.29, 0.717) is 11.9 Å². The van der Waals surface area contributed by atoms with Gasteiger partial charge < -0.3 is 0 Å². The Morgan fingerprint density at radius 1 is 0.789 bits per heavy atom. The molecule has 0 saturated carbocycles. The van der Waals surface area contributed by atoms with E-state index in [-0.39, 0.29) is 7.28 Å². The maximum atomic E-state index is 13.5. The maximum absolute atomic E-state index is 13.5. The first-order valence-electron chi connectivity index (χ1n) is 5.55. The van der Waals surface area contributed by atoms with Gasteiger partial charge in [-0.05, 0) is 11.9 Å². The van der Waals surface area contributed by atoms with Crippen molar-refractivity contribution in [3.8, 4) is 0 Å². The molecule has 1 aromatic rings. The first-order chi connectivity index (χ1) is 9.02. The number of hydrogen-bond donors (Lipinski definition) is 0. The van der Waals surface area contributed by atoms with Gasteiger partial charge in [0.05, 0.1) is 0 Å². The molecular formula is C13H8BF5. The van der Waals surface area contributed by atoms with Crippen LogP contribution in [0.1, 0.15) is 6.42 Å². The third-order valence-electron chi connectivity index (χ3n) is 2.76. The van der Waals surface area contributed by atoms with E-state index in [4.69, 9.17) is 0 Å². The second kappa shape index (κ2) is 5.42. The smallest absolute Gasteiger partial charge is 0.200 e. The molecule has 0 unspecified atom stereocenters. The lowest BCUT2D eigenvalue weighted by molar-refractivity contribution is 0.384. The van der Waals surface area contributed by atoms with Gasteiger partial charge in [-0.2, -0.15) is 0 Å². The third kappa shape index (κ3) is 2.62. The summed E-state index contributed by atoms with van der Waals surface area (Å²) in [5, 5.41) is 0. The van der Waals surface area contributed by atoms with Gasteiger partial charge in [0.15, 0.2) is 36.4 Å². The van der Waals surface area contributed by atoms with E-state index in [1.807, 2.05) is 6.08 Å². The second-order valence-corrected chi connectivity index (χ2v) is 4.03. The molecule has 0 aliphatic heterocycles. The highest BCUT2D eigenvalue weighted by Crippen LogP contribution is 2.16. The molecule has 98 valence electrons. The van der Waals surface area contributed by atoms with Crippen LogP contribution in [0.25, 0.3) is 0 Å². The van der Waals surface area contributed by atoms with Crippen LogP contribution in [0, 0.1) is 29.1 Å². The van der Waals surface area contributed by atoms with Gasteiger partial charge in [-0.25, -0.2) is 22.0 Å². The summed E-state index contributed by atoms with van der Waals surface area (Å²) in [5.41, 5.74) is -0.317. The fourth-order valence-electron chi connectivity index (χ4n) is 1.76. The van der Waals surface area contributed by atoms with Crippen LogP contribution in [-0.2, 0) is 0 Å². The summed E-state index contributed by atoms with van der Waals surface area (Å²) in [6, 6.07) is 0. The van der Waals surface area contributed by atoms with Gasteiger partial charge in [-0.15, -0.1) is 0 Å². The van der Waals surface area contributed by atoms with E-state index >= 15 is 0 Å². The molecule has 0 aromatic heterocycles. The molecule has 0 nitrogen and oxygen atoms in total. The van der Waals surface area contributed by atoms with Crippen molar-refractivity contribution in [2.24, 2.45) is 0 Å². The van der Waals surface area contributed by atoms with Crippen molar-refractivity contribution in [2.75, 3.05) is 0 Å². The summed E-state index contributed by atoms with van der Waals surface area (Å²) in [4.78, 5) is 0. The van der Waals surface area contributed by atoms with E-state index < -0.39 is 34.5 Å². The van der Waals surface area contributed by atoms with E-state index in [9.17, 15) is 22.0 Å². The average Bonchev–Trinajstić information content (AvgIpc) is 2.68. The predicted octanol–water partition coefficient (Wildman–Crippen LogP) is 2.84. The van der Waals surface area contributed by atoms with Crippen molar-refractivity contribution in [1.82, 2.24) is 0 Å². The molecule has 0 radical (unpaired) electrons. The van der Waals surface area contributed by atoms with Crippen LogP contribution in [0.3, 0.4) is 0 Å². The Hall–Kier alpha value is -1.85. The number of allylic oxidation sites excluding steroid dienone is 6. The number of hydrogen-bond acceptors (Lipinski definition) is 0.